The lowest BCUT2D eigenvalue weighted by molar-refractivity contribution is 0.186. The topological polar surface area (TPSA) is 75.3 Å². The van der Waals surface area contributed by atoms with Crippen molar-refractivity contribution in [3.63, 3.8) is 0 Å². The van der Waals surface area contributed by atoms with Gasteiger partial charge in [-0.05, 0) is 19.3 Å². The van der Waals surface area contributed by atoms with E-state index in [0.717, 1.165) is 6.42 Å². The number of hydrogen-bond donors (Lipinski definition) is 3. The number of carboxylic acid groups (broad SMARTS) is 1. The molecule has 0 aliphatic heterocycles. The predicted octanol–water partition coefficient (Wildman–Crippen LogP) is 1.94. The van der Waals surface area contributed by atoms with Crippen LogP contribution in [0.5, 0.6) is 0 Å². The summed E-state index contributed by atoms with van der Waals surface area (Å²) >= 11 is 0. The van der Waals surface area contributed by atoms with E-state index in [1.807, 2.05) is 6.92 Å². The molecule has 4 heteroatoms. The minimum absolute atomic E-state index is 0.0517. The molecule has 1 amide bonds. The highest BCUT2D eigenvalue weighted by atomic mass is 16.4. The Balaban J connectivity index is 2.26. The summed E-state index contributed by atoms with van der Waals surface area (Å²) in [5.74, 6) is 0.701. The fourth-order valence-corrected chi connectivity index (χ4v) is 2.31. The Morgan fingerprint density at radius 1 is 1.47 bits per heavy atom. The van der Waals surface area contributed by atoms with Gasteiger partial charge in [0.1, 0.15) is 0 Å². The van der Waals surface area contributed by atoms with Crippen LogP contribution in [0.4, 0.5) is 4.79 Å². The lowest BCUT2D eigenvalue weighted by Gasteiger charge is -2.27. The van der Waals surface area contributed by atoms with E-state index in [9.17, 15) is 4.79 Å². The molecular formula is C11H22N2O2. The van der Waals surface area contributed by atoms with Crippen molar-refractivity contribution < 1.29 is 9.90 Å². The van der Waals surface area contributed by atoms with E-state index < -0.39 is 6.09 Å². The van der Waals surface area contributed by atoms with E-state index in [2.05, 4.69) is 5.32 Å². The van der Waals surface area contributed by atoms with E-state index >= 15 is 0 Å². The summed E-state index contributed by atoms with van der Waals surface area (Å²) in [5.41, 5.74) is 5.97. The van der Waals surface area contributed by atoms with Gasteiger partial charge in [-0.2, -0.15) is 0 Å². The zero-order chi connectivity index (χ0) is 11.3. The van der Waals surface area contributed by atoms with Crippen molar-refractivity contribution in [3.05, 3.63) is 0 Å². The minimum atomic E-state index is -0.985. The van der Waals surface area contributed by atoms with Gasteiger partial charge in [-0.3, -0.25) is 0 Å². The van der Waals surface area contributed by atoms with Crippen molar-refractivity contribution in [1.82, 2.24) is 5.32 Å². The van der Waals surface area contributed by atoms with Crippen LogP contribution in [0.2, 0.25) is 0 Å². The summed E-state index contributed by atoms with van der Waals surface area (Å²) in [6, 6.07) is -0.200. The number of amides is 1. The van der Waals surface area contributed by atoms with Crippen LogP contribution < -0.4 is 11.1 Å². The molecule has 2 unspecified atom stereocenters. The van der Waals surface area contributed by atoms with Crippen molar-refractivity contribution in [3.8, 4) is 0 Å². The fraction of sp³-hybridized carbons (Fsp3) is 0.909. The average molecular weight is 214 g/mol. The van der Waals surface area contributed by atoms with Gasteiger partial charge in [0.2, 0.25) is 0 Å². The SMILES string of the molecule is CC(NC(=O)O)C(N)CC1CCCCC1. The highest BCUT2D eigenvalue weighted by Crippen LogP contribution is 2.27. The molecule has 88 valence electrons. The molecule has 4 nitrogen and oxygen atoms in total. The molecular weight excluding hydrogens is 192 g/mol. The Morgan fingerprint density at radius 3 is 2.60 bits per heavy atom. The van der Waals surface area contributed by atoms with Crippen LogP contribution in [0, 0.1) is 5.92 Å². The third-order valence-electron chi connectivity index (χ3n) is 3.32. The van der Waals surface area contributed by atoms with E-state index in [-0.39, 0.29) is 12.1 Å². The largest absolute Gasteiger partial charge is 0.465 e. The Bertz CT molecular complexity index is 203. The first-order valence-corrected chi connectivity index (χ1v) is 5.84. The zero-order valence-electron chi connectivity index (χ0n) is 9.41. The smallest absolute Gasteiger partial charge is 0.404 e. The Kier molecular flexibility index (Phi) is 4.88. The minimum Gasteiger partial charge on any atom is -0.465 e. The first kappa shape index (κ1) is 12.3. The van der Waals surface area contributed by atoms with Crippen molar-refractivity contribution >= 4 is 6.09 Å². The molecule has 1 rings (SSSR count). The molecule has 1 aliphatic carbocycles. The van der Waals surface area contributed by atoms with Gasteiger partial charge >= 0.3 is 6.09 Å². The molecule has 15 heavy (non-hydrogen) atoms. The molecule has 0 saturated heterocycles. The van der Waals surface area contributed by atoms with Crippen LogP contribution in [0.3, 0.4) is 0 Å². The van der Waals surface area contributed by atoms with E-state index in [4.69, 9.17) is 10.8 Å². The number of nitrogens with one attached hydrogen (secondary N) is 1. The van der Waals surface area contributed by atoms with Crippen LogP contribution >= 0.6 is 0 Å². The highest BCUT2D eigenvalue weighted by molar-refractivity contribution is 5.64. The molecule has 0 bridgehead atoms. The van der Waals surface area contributed by atoms with Gasteiger partial charge in [0.05, 0.1) is 0 Å². The third-order valence-corrected chi connectivity index (χ3v) is 3.32. The summed E-state index contributed by atoms with van der Waals surface area (Å²) in [6.45, 7) is 1.83. The van der Waals surface area contributed by atoms with E-state index in [0.29, 0.717) is 5.92 Å². The molecule has 1 aliphatic rings. The van der Waals surface area contributed by atoms with Gasteiger partial charge in [-0.1, -0.05) is 32.1 Å². The van der Waals surface area contributed by atoms with Crippen LogP contribution in [0.15, 0.2) is 0 Å². The second-order valence-corrected chi connectivity index (χ2v) is 4.64. The summed E-state index contributed by atoms with van der Waals surface area (Å²) in [5, 5.41) is 11.0. The van der Waals surface area contributed by atoms with E-state index in [1.54, 1.807) is 0 Å². The van der Waals surface area contributed by atoms with Gasteiger partial charge in [-0.25, -0.2) is 4.79 Å². The Morgan fingerprint density at radius 2 is 2.07 bits per heavy atom. The Hall–Kier alpha value is -0.770. The molecule has 1 saturated carbocycles. The fourth-order valence-electron chi connectivity index (χ4n) is 2.31. The second kappa shape index (κ2) is 5.95. The maximum atomic E-state index is 10.4. The monoisotopic (exact) mass is 214 g/mol. The average Bonchev–Trinajstić information content (AvgIpc) is 2.18. The summed E-state index contributed by atoms with van der Waals surface area (Å²) in [7, 11) is 0. The molecule has 1 fully saturated rings. The van der Waals surface area contributed by atoms with Crippen LogP contribution in [-0.4, -0.2) is 23.3 Å². The molecule has 0 spiro atoms. The van der Waals surface area contributed by atoms with Crippen LogP contribution in [0.1, 0.15) is 45.4 Å². The third kappa shape index (κ3) is 4.51. The van der Waals surface area contributed by atoms with Crippen LogP contribution in [-0.2, 0) is 0 Å². The maximum absolute atomic E-state index is 10.4. The number of nitrogens with two attached hydrogens (primary N) is 1. The molecule has 0 radical (unpaired) electrons. The summed E-state index contributed by atoms with van der Waals surface area (Å²) in [4.78, 5) is 10.4. The highest BCUT2D eigenvalue weighted by Gasteiger charge is 2.21. The van der Waals surface area contributed by atoms with Gasteiger partial charge in [0.15, 0.2) is 0 Å². The van der Waals surface area contributed by atoms with Crippen molar-refractivity contribution in [1.29, 1.82) is 0 Å². The summed E-state index contributed by atoms with van der Waals surface area (Å²) in [6.07, 6.45) is 6.43. The predicted molar refractivity (Wildman–Crippen MR) is 59.8 cm³/mol. The van der Waals surface area contributed by atoms with Gasteiger partial charge < -0.3 is 16.2 Å². The quantitative estimate of drug-likeness (QED) is 0.669. The first-order valence-electron chi connectivity index (χ1n) is 5.84. The van der Waals surface area contributed by atoms with Gasteiger partial charge in [-0.15, -0.1) is 0 Å². The molecule has 0 aromatic carbocycles. The molecule has 0 aromatic rings. The zero-order valence-corrected chi connectivity index (χ0v) is 9.41. The molecule has 2 atom stereocenters. The number of carbonyl (C=O) groups is 1. The van der Waals surface area contributed by atoms with Gasteiger partial charge in [0.25, 0.3) is 0 Å². The summed E-state index contributed by atoms with van der Waals surface area (Å²) < 4.78 is 0. The molecule has 4 N–H and O–H groups in total. The Labute approximate surface area is 91.2 Å². The normalized spacial score (nSPS) is 22.0. The second-order valence-electron chi connectivity index (χ2n) is 4.64. The first-order chi connectivity index (χ1) is 7.09. The van der Waals surface area contributed by atoms with Crippen molar-refractivity contribution in [2.45, 2.75) is 57.5 Å². The maximum Gasteiger partial charge on any atom is 0.404 e. The standard InChI is InChI=1S/C11H22N2O2/c1-8(13-11(14)15)10(12)7-9-5-3-2-4-6-9/h8-10,13H,2-7,12H2,1H3,(H,14,15). The van der Waals surface area contributed by atoms with Crippen molar-refractivity contribution in [2.75, 3.05) is 0 Å². The number of rotatable bonds is 4. The lowest BCUT2D eigenvalue weighted by Crippen LogP contribution is -2.46. The lowest BCUT2D eigenvalue weighted by atomic mass is 9.84. The van der Waals surface area contributed by atoms with Crippen LogP contribution in [0.25, 0.3) is 0 Å². The van der Waals surface area contributed by atoms with E-state index in [1.165, 1.54) is 32.1 Å². The number of hydrogen-bond acceptors (Lipinski definition) is 2. The van der Waals surface area contributed by atoms with Gasteiger partial charge in [0, 0.05) is 12.1 Å². The molecule has 0 aromatic heterocycles. The van der Waals surface area contributed by atoms with Crippen molar-refractivity contribution in [2.24, 2.45) is 11.7 Å². The molecule has 0 heterocycles.